The van der Waals surface area contributed by atoms with Crippen molar-refractivity contribution in [3.63, 3.8) is 0 Å². The molecule has 2 amide bonds. The van der Waals surface area contributed by atoms with Gasteiger partial charge in [-0.25, -0.2) is 0 Å². The fraction of sp³-hybridized carbons (Fsp3) is 0.0769. The summed E-state index contributed by atoms with van der Waals surface area (Å²) in [5, 5.41) is 9.99. The van der Waals surface area contributed by atoms with Crippen molar-refractivity contribution in [1.29, 1.82) is 0 Å². The molecule has 1 aliphatic carbocycles. The van der Waals surface area contributed by atoms with Gasteiger partial charge in [-0.1, -0.05) is 84.9 Å². The normalized spacial score (nSPS) is 17.7. The van der Waals surface area contributed by atoms with Crippen molar-refractivity contribution >= 4 is 44.7 Å². The lowest BCUT2D eigenvalue weighted by Crippen LogP contribution is -2.20. The molecular formula is C26H20N2O2. The quantitative estimate of drug-likeness (QED) is 0.459. The first kappa shape index (κ1) is 18.1. The Morgan fingerprint density at radius 1 is 0.600 bits per heavy atom. The number of amides is 2. The molecule has 5 rings (SSSR count). The van der Waals surface area contributed by atoms with Gasteiger partial charge in [0.15, 0.2) is 0 Å². The summed E-state index contributed by atoms with van der Waals surface area (Å²) in [7, 11) is 0. The summed E-state index contributed by atoms with van der Waals surface area (Å²) < 4.78 is 0. The Morgan fingerprint density at radius 2 is 1.00 bits per heavy atom. The average Bonchev–Trinajstić information content (AvgIpc) is 3.45. The van der Waals surface area contributed by atoms with Crippen LogP contribution >= 0.6 is 0 Å². The molecule has 146 valence electrons. The molecule has 1 aliphatic rings. The number of rotatable bonds is 4. The van der Waals surface area contributed by atoms with Crippen LogP contribution in [0.3, 0.4) is 0 Å². The summed E-state index contributed by atoms with van der Waals surface area (Å²) in [6.45, 7) is 3.96. The smallest absolute Gasteiger partial charge is 0.232 e. The Balaban J connectivity index is 1.33. The largest absolute Gasteiger partial charge is 0.325 e. The van der Waals surface area contributed by atoms with Gasteiger partial charge in [0, 0.05) is 22.1 Å². The minimum absolute atomic E-state index is 0.200. The third-order valence-electron chi connectivity index (χ3n) is 5.68. The fourth-order valence-corrected chi connectivity index (χ4v) is 4.04. The molecule has 0 aliphatic heterocycles. The highest BCUT2D eigenvalue weighted by Gasteiger charge is 2.52. The molecule has 0 bridgehead atoms. The van der Waals surface area contributed by atoms with Gasteiger partial charge in [-0.05, 0) is 22.9 Å². The van der Waals surface area contributed by atoms with E-state index >= 15 is 0 Å². The molecule has 0 aromatic heterocycles. The van der Waals surface area contributed by atoms with Gasteiger partial charge < -0.3 is 10.6 Å². The molecule has 4 aromatic carbocycles. The zero-order valence-corrected chi connectivity index (χ0v) is 16.3. The van der Waals surface area contributed by atoms with Crippen LogP contribution in [0.2, 0.25) is 0 Å². The lowest BCUT2D eigenvalue weighted by Gasteiger charge is -2.09. The van der Waals surface area contributed by atoms with Crippen LogP contribution in [0.15, 0.2) is 97.1 Å². The van der Waals surface area contributed by atoms with E-state index in [-0.39, 0.29) is 11.8 Å². The SMILES string of the molecule is C=C1C(C(=O)Nc2cccc3ccccc23)C1C(=O)Nc1cccc2ccccc12. The van der Waals surface area contributed by atoms with Crippen LogP contribution in [0.5, 0.6) is 0 Å². The van der Waals surface area contributed by atoms with Crippen molar-refractivity contribution in [1.82, 2.24) is 0 Å². The van der Waals surface area contributed by atoms with Gasteiger partial charge in [0.25, 0.3) is 0 Å². The molecule has 2 N–H and O–H groups in total. The molecule has 4 aromatic rings. The summed E-state index contributed by atoms with van der Waals surface area (Å²) in [5.41, 5.74) is 2.13. The first-order chi connectivity index (χ1) is 14.6. The van der Waals surface area contributed by atoms with Crippen molar-refractivity contribution in [2.45, 2.75) is 0 Å². The maximum absolute atomic E-state index is 12.9. The van der Waals surface area contributed by atoms with Gasteiger partial charge >= 0.3 is 0 Å². The highest BCUT2D eigenvalue weighted by molar-refractivity contribution is 6.12. The number of carbonyl (C=O) groups is 2. The second-order valence-corrected chi connectivity index (χ2v) is 7.56. The van der Waals surface area contributed by atoms with E-state index in [1.165, 1.54) is 0 Å². The third kappa shape index (κ3) is 3.12. The van der Waals surface area contributed by atoms with Crippen LogP contribution in [0.1, 0.15) is 0 Å². The second kappa shape index (κ2) is 7.16. The number of carbonyl (C=O) groups excluding carboxylic acids is 2. The second-order valence-electron chi connectivity index (χ2n) is 7.56. The van der Waals surface area contributed by atoms with E-state index < -0.39 is 11.8 Å². The minimum atomic E-state index is -0.515. The molecule has 0 radical (unpaired) electrons. The van der Waals surface area contributed by atoms with E-state index in [0.29, 0.717) is 5.57 Å². The summed E-state index contributed by atoms with van der Waals surface area (Å²) in [4.78, 5) is 25.7. The Kier molecular flexibility index (Phi) is 4.32. The van der Waals surface area contributed by atoms with Crippen molar-refractivity contribution in [3.8, 4) is 0 Å². The summed E-state index contributed by atoms with van der Waals surface area (Å²) in [6, 6.07) is 27.3. The Morgan fingerprint density at radius 3 is 1.47 bits per heavy atom. The Labute approximate surface area is 174 Å². The predicted octanol–water partition coefficient (Wildman–Crippen LogP) is 5.37. The maximum atomic E-state index is 12.9. The molecule has 0 heterocycles. The fourth-order valence-electron chi connectivity index (χ4n) is 4.04. The predicted molar refractivity (Wildman–Crippen MR) is 121 cm³/mol. The van der Waals surface area contributed by atoms with E-state index in [2.05, 4.69) is 17.2 Å². The monoisotopic (exact) mass is 392 g/mol. The van der Waals surface area contributed by atoms with Crippen LogP contribution in [0.25, 0.3) is 21.5 Å². The van der Waals surface area contributed by atoms with Gasteiger partial charge in [0.05, 0.1) is 11.8 Å². The first-order valence-electron chi connectivity index (χ1n) is 9.89. The molecule has 0 saturated heterocycles. The van der Waals surface area contributed by atoms with Crippen LogP contribution < -0.4 is 10.6 Å². The lowest BCUT2D eigenvalue weighted by molar-refractivity contribution is -0.122. The van der Waals surface area contributed by atoms with Gasteiger partial charge in [-0.3, -0.25) is 9.59 Å². The molecule has 4 nitrogen and oxygen atoms in total. The zero-order valence-electron chi connectivity index (χ0n) is 16.3. The topological polar surface area (TPSA) is 58.2 Å². The average molecular weight is 392 g/mol. The molecule has 2 unspecified atom stereocenters. The van der Waals surface area contributed by atoms with E-state index in [0.717, 1.165) is 32.9 Å². The van der Waals surface area contributed by atoms with Crippen molar-refractivity contribution in [2.24, 2.45) is 11.8 Å². The first-order valence-corrected chi connectivity index (χ1v) is 9.89. The van der Waals surface area contributed by atoms with E-state index in [4.69, 9.17) is 0 Å². The molecule has 1 fully saturated rings. The number of nitrogens with one attached hydrogen (secondary N) is 2. The van der Waals surface area contributed by atoms with Crippen LogP contribution in [-0.4, -0.2) is 11.8 Å². The maximum Gasteiger partial charge on any atom is 0.232 e. The van der Waals surface area contributed by atoms with Crippen molar-refractivity contribution < 1.29 is 9.59 Å². The Hall–Kier alpha value is -3.92. The van der Waals surface area contributed by atoms with E-state index in [1.807, 2.05) is 84.9 Å². The van der Waals surface area contributed by atoms with E-state index in [1.54, 1.807) is 0 Å². The number of hydrogen-bond donors (Lipinski definition) is 2. The van der Waals surface area contributed by atoms with Gasteiger partial charge in [0.2, 0.25) is 11.8 Å². The Bertz CT molecular complexity index is 1210. The molecule has 4 heteroatoms. The van der Waals surface area contributed by atoms with Gasteiger partial charge in [-0.2, -0.15) is 0 Å². The molecule has 30 heavy (non-hydrogen) atoms. The number of hydrogen-bond acceptors (Lipinski definition) is 2. The lowest BCUT2D eigenvalue weighted by atomic mass is 10.1. The molecule has 1 saturated carbocycles. The highest BCUT2D eigenvalue weighted by atomic mass is 16.2. The van der Waals surface area contributed by atoms with Crippen LogP contribution in [0.4, 0.5) is 11.4 Å². The van der Waals surface area contributed by atoms with Gasteiger partial charge in [-0.15, -0.1) is 0 Å². The number of benzene rings is 4. The van der Waals surface area contributed by atoms with Crippen LogP contribution in [-0.2, 0) is 9.59 Å². The zero-order chi connectivity index (χ0) is 20.7. The molecule has 0 spiro atoms. The molecular weight excluding hydrogens is 372 g/mol. The number of anilines is 2. The summed E-state index contributed by atoms with van der Waals surface area (Å²) >= 11 is 0. The summed E-state index contributed by atoms with van der Waals surface area (Å²) in [6.07, 6.45) is 0. The number of fused-ring (bicyclic) bond motifs is 2. The van der Waals surface area contributed by atoms with Crippen LogP contribution in [0, 0.1) is 11.8 Å². The van der Waals surface area contributed by atoms with Gasteiger partial charge in [0.1, 0.15) is 0 Å². The van der Waals surface area contributed by atoms with E-state index in [9.17, 15) is 9.59 Å². The van der Waals surface area contributed by atoms with Crippen molar-refractivity contribution in [3.05, 3.63) is 97.1 Å². The highest BCUT2D eigenvalue weighted by Crippen LogP contribution is 2.46. The standard InChI is InChI=1S/C26H20N2O2/c1-16-23(25(29)27-21-14-6-10-17-8-2-4-12-19(17)21)24(16)26(30)28-22-15-7-11-18-9-3-5-13-20(18)22/h2-15,23-24H,1H2,(H,27,29)(H,28,30). The molecule has 2 atom stereocenters. The third-order valence-corrected chi connectivity index (χ3v) is 5.68. The van der Waals surface area contributed by atoms with Crippen molar-refractivity contribution in [2.75, 3.05) is 10.6 Å². The summed E-state index contributed by atoms with van der Waals surface area (Å²) in [5.74, 6) is -1.43. The minimum Gasteiger partial charge on any atom is -0.325 e.